The summed E-state index contributed by atoms with van der Waals surface area (Å²) in [6, 6.07) is 0. The first-order chi connectivity index (χ1) is 10.4. The van der Waals surface area contributed by atoms with Crippen LogP contribution in [0.25, 0.3) is 0 Å². The van der Waals surface area contributed by atoms with Gasteiger partial charge in [0.25, 0.3) is 0 Å². The van der Waals surface area contributed by atoms with E-state index < -0.39 is 0 Å². The zero-order chi connectivity index (χ0) is 15.7. The minimum absolute atomic E-state index is 0.000944. The molecule has 6 heteroatoms. The van der Waals surface area contributed by atoms with Crippen molar-refractivity contribution in [2.75, 3.05) is 12.4 Å². The van der Waals surface area contributed by atoms with Gasteiger partial charge in [0.05, 0.1) is 17.6 Å². The lowest BCUT2D eigenvalue weighted by Crippen LogP contribution is -2.65. The molecular weight excluding hydrogens is 300 g/mol. The van der Waals surface area contributed by atoms with E-state index in [0.29, 0.717) is 11.3 Å². The third-order valence-corrected chi connectivity index (χ3v) is 7.25. The number of amides is 1. The standard InChI is InChI=1S/C16H25BClNO3/c1-15(2)10-7-11(15)16(3)12(8-10)21-17(22-16)13-5-4-6-19(13)14(20)9-18/h10-13H,4-9H2,1-3H3/t10?,11?,12-,13+,16+/m1/s1. The summed E-state index contributed by atoms with van der Waals surface area (Å²) >= 11 is 5.75. The molecule has 5 fully saturated rings. The molecule has 0 aromatic carbocycles. The summed E-state index contributed by atoms with van der Waals surface area (Å²) in [6.07, 6.45) is 4.49. The topological polar surface area (TPSA) is 38.8 Å². The molecule has 5 atom stereocenters. The Bertz CT molecular complexity index is 502. The van der Waals surface area contributed by atoms with Crippen LogP contribution in [0.15, 0.2) is 0 Å². The molecule has 0 radical (unpaired) electrons. The molecular formula is C16H25BClNO3. The maximum atomic E-state index is 12.0. The van der Waals surface area contributed by atoms with Crippen LogP contribution in [0.2, 0.25) is 0 Å². The number of rotatable bonds is 2. The zero-order valence-corrected chi connectivity index (χ0v) is 14.4. The highest BCUT2D eigenvalue weighted by Gasteiger charge is 2.68. The molecule has 2 aliphatic heterocycles. The number of hydrogen-bond acceptors (Lipinski definition) is 3. The summed E-state index contributed by atoms with van der Waals surface area (Å²) in [7, 11) is -0.278. The maximum Gasteiger partial charge on any atom is 0.481 e. The molecule has 2 bridgehead atoms. The summed E-state index contributed by atoms with van der Waals surface area (Å²) in [5, 5.41) is 0. The lowest BCUT2D eigenvalue weighted by Gasteiger charge is -2.64. The van der Waals surface area contributed by atoms with E-state index in [1.807, 2.05) is 4.90 Å². The van der Waals surface area contributed by atoms with Crippen LogP contribution in [0, 0.1) is 17.3 Å². The Morgan fingerprint density at radius 3 is 2.82 bits per heavy atom. The van der Waals surface area contributed by atoms with Gasteiger partial charge in [-0.2, -0.15) is 0 Å². The van der Waals surface area contributed by atoms with Gasteiger partial charge in [-0.25, -0.2) is 0 Å². The molecule has 5 rings (SSSR count). The molecule has 3 saturated carbocycles. The first-order valence-corrected chi connectivity index (χ1v) is 9.10. The van der Waals surface area contributed by atoms with E-state index in [9.17, 15) is 4.79 Å². The van der Waals surface area contributed by atoms with Crippen LogP contribution in [0.5, 0.6) is 0 Å². The van der Waals surface area contributed by atoms with E-state index in [4.69, 9.17) is 20.9 Å². The van der Waals surface area contributed by atoms with Gasteiger partial charge in [-0.3, -0.25) is 4.79 Å². The molecule has 2 heterocycles. The maximum absolute atomic E-state index is 12.0. The van der Waals surface area contributed by atoms with E-state index in [-0.39, 0.29) is 36.6 Å². The van der Waals surface area contributed by atoms with Crippen LogP contribution in [-0.4, -0.2) is 48.0 Å². The van der Waals surface area contributed by atoms with Gasteiger partial charge in [0.1, 0.15) is 5.88 Å². The average Bonchev–Trinajstić information content (AvgIpc) is 3.08. The first-order valence-electron chi connectivity index (χ1n) is 8.56. The van der Waals surface area contributed by atoms with Gasteiger partial charge in [-0.1, -0.05) is 13.8 Å². The van der Waals surface area contributed by atoms with E-state index in [2.05, 4.69) is 20.8 Å². The van der Waals surface area contributed by atoms with Gasteiger partial charge in [0.15, 0.2) is 0 Å². The Hall–Kier alpha value is -0.255. The van der Waals surface area contributed by atoms with Crippen LogP contribution in [-0.2, 0) is 14.1 Å². The lowest BCUT2D eigenvalue weighted by atomic mass is 9.43. The Balaban J connectivity index is 1.54. The minimum atomic E-state index is -0.278. The zero-order valence-electron chi connectivity index (χ0n) is 13.7. The fraction of sp³-hybridized carbons (Fsp3) is 0.938. The first kappa shape index (κ1) is 15.3. The minimum Gasteiger partial charge on any atom is -0.404 e. The van der Waals surface area contributed by atoms with Crippen molar-refractivity contribution in [3.05, 3.63) is 0 Å². The highest BCUT2D eigenvalue weighted by Crippen LogP contribution is 2.65. The number of likely N-dealkylation sites (tertiary alicyclic amines) is 1. The van der Waals surface area contributed by atoms with Gasteiger partial charge in [-0.15, -0.1) is 11.6 Å². The van der Waals surface area contributed by atoms with Crippen LogP contribution in [0.4, 0.5) is 0 Å². The number of nitrogens with zero attached hydrogens (tertiary/aromatic N) is 1. The van der Waals surface area contributed by atoms with Crippen molar-refractivity contribution in [2.24, 2.45) is 17.3 Å². The van der Waals surface area contributed by atoms with Gasteiger partial charge >= 0.3 is 7.12 Å². The second kappa shape index (κ2) is 4.87. The van der Waals surface area contributed by atoms with Crippen molar-refractivity contribution in [3.63, 3.8) is 0 Å². The van der Waals surface area contributed by atoms with Crippen LogP contribution in [0.1, 0.15) is 46.5 Å². The fourth-order valence-corrected chi connectivity index (χ4v) is 5.68. The average molecular weight is 326 g/mol. The summed E-state index contributed by atoms with van der Waals surface area (Å²) in [5.41, 5.74) is 0.159. The third-order valence-electron chi connectivity index (χ3n) is 7.02. The predicted octanol–water partition coefficient (Wildman–Crippen LogP) is 2.48. The summed E-state index contributed by atoms with van der Waals surface area (Å²) < 4.78 is 12.8. The van der Waals surface area contributed by atoms with Crippen molar-refractivity contribution in [1.29, 1.82) is 0 Å². The SMILES string of the molecule is CC1(C)C2CC1[C@]1(C)OB([C@@H]3CCCN3C(=O)CCl)O[C@@H]1C2. The number of hydrogen-bond donors (Lipinski definition) is 0. The number of halogens is 1. The molecule has 122 valence electrons. The van der Waals surface area contributed by atoms with E-state index in [1.54, 1.807) is 0 Å². The van der Waals surface area contributed by atoms with Crippen LogP contribution >= 0.6 is 11.6 Å². The van der Waals surface area contributed by atoms with Gasteiger partial charge < -0.3 is 14.2 Å². The third kappa shape index (κ3) is 1.88. The van der Waals surface area contributed by atoms with Gasteiger partial charge in [-0.05, 0) is 49.9 Å². The Kier molecular flexibility index (Phi) is 3.38. The molecule has 1 amide bonds. The highest BCUT2D eigenvalue weighted by atomic mass is 35.5. The molecule has 0 spiro atoms. The van der Waals surface area contributed by atoms with E-state index in [0.717, 1.165) is 31.7 Å². The van der Waals surface area contributed by atoms with Crippen molar-refractivity contribution in [2.45, 2.75) is 64.1 Å². The second-order valence-electron chi connectivity index (χ2n) is 8.27. The number of carbonyl (C=O) groups excluding carboxylic acids is 1. The highest BCUT2D eigenvalue weighted by molar-refractivity contribution is 6.48. The molecule has 0 N–H and O–H groups in total. The van der Waals surface area contributed by atoms with Crippen molar-refractivity contribution < 1.29 is 14.1 Å². The molecule has 0 aromatic heterocycles. The monoisotopic (exact) mass is 325 g/mol. The summed E-state index contributed by atoms with van der Waals surface area (Å²) in [5.74, 6) is 1.39. The van der Waals surface area contributed by atoms with Crippen LogP contribution < -0.4 is 0 Å². The van der Waals surface area contributed by atoms with Crippen molar-refractivity contribution >= 4 is 24.6 Å². The van der Waals surface area contributed by atoms with Crippen LogP contribution in [0.3, 0.4) is 0 Å². The number of alkyl halides is 1. The number of carbonyl (C=O) groups is 1. The normalized spacial score (nSPS) is 45.6. The quantitative estimate of drug-likeness (QED) is 0.578. The molecule has 2 saturated heterocycles. The molecule has 4 nitrogen and oxygen atoms in total. The summed E-state index contributed by atoms with van der Waals surface area (Å²) in [4.78, 5) is 13.9. The Morgan fingerprint density at radius 2 is 2.14 bits per heavy atom. The molecule has 3 aliphatic carbocycles. The second-order valence-corrected chi connectivity index (χ2v) is 8.53. The van der Waals surface area contributed by atoms with Crippen molar-refractivity contribution in [1.82, 2.24) is 4.90 Å². The molecule has 0 aromatic rings. The van der Waals surface area contributed by atoms with Gasteiger partial charge in [0.2, 0.25) is 5.91 Å². The summed E-state index contributed by atoms with van der Waals surface area (Å²) in [6.45, 7) is 7.73. The Morgan fingerprint density at radius 1 is 1.36 bits per heavy atom. The molecule has 22 heavy (non-hydrogen) atoms. The Labute approximate surface area is 138 Å². The fourth-order valence-electron chi connectivity index (χ4n) is 5.53. The van der Waals surface area contributed by atoms with E-state index >= 15 is 0 Å². The predicted molar refractivity (Wildman–Crippen MR) is 85.6 cm³/mol. The molecule has 5 aliphatic rings. The van der Waals surface area contributed by atoms with Crippen molar-refractivity contribution in [3.8, 4) is 0 Å². The largest absolute Gasteiger partial charge is 0.481 e. The van der Waals surface area contributed by atoms with E-state index in [1.165, 1.54) is 6.42 Å². The smallest absolute Gasteiger partial charge is 0.404 e. The van der Waals surface area contributed by atoms with Gasteiger partial charge in [0, 0.05) is 6.54 Å². The molecule has 2 unspecified atom stereocenters. The lowest BCUT2D eigenvalue weighted by molar-refractivity contribution is -0.199.